The highest BCUT2D eigenvalue weighted by Crippen LogP contribution is 2.35. The summed E-state index contributed by atoms with van der Waals surface area (Å²) in [7, 11) is 3.03. The summed E-state index contributed by atoms with van der Waals surface area (Å²) in [5.74, 6) is -0.897. The maximum absolute atomic E-state index is 12.5. The smallest absolute Gasteiger partial charge is 0.445 e. The van der Waals surface area contributed by atoms with Crippen molar-refractivity contribution in [1.82, 2.24) is 4.90 Å². The number of imide groups is 1. The Balaban J connectivity index is 2.32. The largest absolute Gasteiger partial charge is 0.465 e. The highest BCUT2D eigenvalue weighted by molar-refractivity contribution is 8.04. The van der Waals surface area contributed by atoms with Gasteiger partial charge in [-0.25, -0.2) is 4.79 Å². The molecule has 0 aromatic heterocycles. The Kier molecular flexibility index (Phi) is 5.35. The van der Waals surface area contributed by atoms with E-state index in [1.165, 1.54) is 23.4 Å². The number of amidine groups is 1. The SMILES string of the molecule is CCOC(=O)C(CC)SC1=CC=NC2=[N+](C)C(=O)N(C)C(=O)C12. The van der Waals surface area contributed by atoms with Gasteiger partial charge >= 0.3 is 17.9 Å². The summed E-state index contributed by atoms with van der Waals surface area (Å²) in [6.07, 6.45) is 3.85. The lowest BCUT2D eigenvalue weighted by atomic mass is 10.0. The van der Waals surface area contributed by atoms with E-state index in [4.69, 9.17) is 4.74 Å². The van der Waals surface area contributed by atoms with E-state index in [1.54, 1.807) is 26.3 Å². The standard InChI is InChI=1S/C15H20N3O4S/c1-5-9(14(20)22-6-2)23-10-7-8-16-12-11(10)13(19)18(4)15(21)17(12)3/h7-9,11H,5-6H2,1-4H3/q+1. The number of hydrogen-bond acceptors (Lipinski definition) is 6. The number of dihydropyridines is 1. The number of thioether (sulfide) groups is 1. The second-order valence-electron chi connectivity index (χ2n) is 5.14. The molecule has 2 atom stereocenters. The molecule has 0 radical (unpaired) electrons. The van der Waals surface area contributed by atoms with Gasteiger partial charge in [0.25, 0.3) is 5.84 Å². The minimum Gasteiger partial charge on any atom is -0.465 e. The molecule has 0 aromatic carbocycles. The Morgan fingerprint density at radius 2 is 2.17 bits per heavy atom. The average molecular weight is 338 g/mol. The van der Waals surface area contributed by atoms with Crippen molar-refractivity contribution in [2.75, 3.05) is 20.7 Å². The molecule has 0 saturated carbocycles. The van der Waals surface area contributed by atoms with Crippen LogP contribution in [0.15, 0.2) is 16.0 Å². The van der Waals surface area contributed by atoms with Crippen molar-refractivity contribution in [3.8, 4) is 0 Å². The average Bonchev–Trinajstić information content (AvgIpc) is 2.55. The van der Waals surface area contributed by atoms with Crippen LogP contribution in [-0.2, 0) is 14.3 Å². The number of nitrogens with zero attached hydrogens (tertiary/aromatic N) is 3. The van der Waals surface area contributed by atoms with Crippen molar-refractivity contribution in [2.45, 2.75) is 25.5 Å². The van der Waals surface area contributed by atoms with Gasteiger partial charge in [0.2, 0.25) is 0 Å². The third-order valence-electron chi connectivity index (χ3n) is 3.68. The fourth-order valence-corrected chi connectivity index (χ4v) is 3.55. The first kappa shape index (κ1) is 17.4. The first-order valence-corrected chi connectivity index (χ1v) is 8.29. The summed E-state index contributed by atoms with van der Waals surface area (Å²) in [5.41, 5.74) is 0. The van der Waals surface area contributed by atoms with Gasteiger partial charge in [0.1, 0.15) is 11.5 Å². The maximum atomic E-state index is 12.5. The number of fused-ring (bicyclic) bond motifs is 1. The van der Waals surface area contributed by atoms with Gasteiger partial charge in [0, 0.05) is 4.91 Å². The summed E-state index contributed by atoms with van der Waals surface area (Å²) in [6.45, 7) is 3.96. The molecule has 2 heterocycles. The van der Waals surface area contributed by atoms with Gasteiger partial charge in [-0.05, 0) is 19.4 Å². The van der Waals surface area contributed by atoms with E-state index in [-0.39, 0.29) is 11.9 Å². The first-order chi connectivity index (χ1) is 10.9. The Morgan fingerprint density at radius 3 is 2.78 bits per heavy atom. The van der Waals surface area contributed by atoms with Crippen LogP contribution < -0.4 is 0 Å². The quantitative estimate of drug-likeness (QED) is 0.557. The number of esters is 1. The third kappa shape index (κ3) is 3.21. The molecule has 0 N–H and O–H groups in total. The number of amides is 3. The molecule has 2 aliphatic heterocycles. The summed E-state index contributed by atoms with van der Waals surface area (Å²) in [6, 6.07) is -0.415. The first-order valence-electron chi connectivity index (χ1n) is 7.41. The zero-order valence-electron chi connectivity index (χ0n) is 13.6. The van der Waals surface area contributed by atoms with Gasteiger partial charge in [0.15, 0.2) is 5.92 Å². The molecule has 2 rings (SSSR count). The predicted octanol–water partition coefficient (Wildman–Crippen LogP) is 1.28. The topological polar surface area (TPSA) is 79.0 Å². The fraction of sp³-hybridized carbons (Fsp3) is 0.533. The molecule has 23 heavy (non-hydrogen) atoms. The maximum Gasteiger partial charge on any atom is 0.445 e. The van der Waals surface area contributed by atoms with Gasteiger partial charge in [-0.3, -0.25) is 9.59 Å². The molecule has 2 unspecified atom stereocenters. The van der Waals surface area contributed by atoms with Crippen molar-refractivity contribution in [1.29, 1.82) is 0 Å². The highest BCUT2D eigenvalue weighted by Gasteiger charge is 2.47. The predicted molar refractivity (Wildman–Crippen MR) is 87.7 cm³/mol. The van der Waals surface area contributed by atoms with E-state index in [0.29, 0.717) is 23.8 Å². The zero-order valence-corrected chi connectivity index (χ0v) is 14.4. The normalized spacial score (nSPS) is 22.0. The van der Waals surface area contributed by atoms with Gasteiger partial charge in [-0.15, -0.1) is 16.8 Å². The lowest BCUT2D eigenvalue weighted by Gasteiger charge is -2.27. The van der Waals surface area contributed by atoms with Crippen LogP contribution >= 0.6 is 11.8 Å². The lowest BCUT2D eigenvalue weighted by Crippen LogP contribution is -2.52. The van der Waals surface area contributed by atoms with Crippen LogP contribution in [0, 0.1) is 5.92 Å². The number of carbonyl (C=O) groups excluding carboxylic acids is 3. The van der Waals surface area contributed by atoms with Crippen LogP contribution in [0.3, 0.4) is 0 Å². The molecule has 0 spiro atoms. The minimum atomic E-state index is -0.652. The van der Waals surface area contributed by atoms with Crippen LogP contribution in [0.1, 0.15) is 20.3 Å². The summed E-state index contributed by atoms with van der Waals surface area (Å²) >= 11 is 1.30. The van der Waals surface area contributed by atoms with Crippen LogP contribution in [0.25, 0.3) is 0 Å². The Morgan fingerprint density at radius 1 is 1.48 bits per heavy atom. The molecular formula is C15H20N3O4S+. The van der Waals surface area contributed by atoms with E-state index >= 15 is 0 Å². The van der Waals surface area contributed by atoms with Crippen LogP contribution in [-0.4, -0.2) is 65.4 Å². The Hall–Kier alpha value is -1.96. The van der Waals surface area contributed by atoms with Crippen molar-refractivity contribution in [2.24, 2.45) is 10.9 Å². The van der Waals surface area contributed by atoms with E-state index in [1.807, 2.05) is 6.92 Å². The van der Waals surface area contributed by atoms with Gasteiger partial charge < -0.3 is 4.74 Å². The number of allylic oxidation sites excluding steroid dienone is 1. The molecule has 8 heteroatoms. The Bertz CT molecular complexity index is 639. The van der Waals surface area contributed by atoms with E-state index in [9.17, 15) is 14.4 Å². The number of carbonyl (C=O) groups is 3. The molecule has 124 valence electrons. The summed E-state index contributed by atoms with van der Waals surface area (Å²) < 4.78 is 6.43. The van der Waals surface area contributed by atoms with Crippen LogP contribution in [0.4, 0.5) is 4.79 Å². The molecule has 0 saturated heterocycles. The molecular weight excluding hydrogens is 318 g/mol. The van der Waals surface area contributed by atoms with Gasteiger partial charge in [-0.1, -0.05) is 6.92 Å². The second-order valence-corrected chi connectivity index (χ2v) is 6.42. The van der Waals surface area contributed by atoms with Crippen LogP contribution in [0.2, 0.25) is 0 Å². The number of aliphatic imine (C=N–C) groups is 1. The number of hydrogen-bond donors (Lipinski definition) is 0. The lowest BCUT2D eigenvalue weighted by molar-refractivity contribution is -0.407. The molecule has 0 aliphatic carbocycles. The van der Waals surface area contributed by atoms with Crippen LogP contribution in [0.5, 0.6) is 0 Å². The molecule has 0 bridgehead atoms. The van der Waals surface area contributed by atoms with E-state index in [0.717, 1.165) is 4.90 Å². The number of urea groups is 1. The van der Waals surface area contributed by atoms with Crippen molar-refractivity contribution < 1.29 is 23.7 Å². The fourth-order valence-electron chi connectivity index (χ4n) is 2.41. The van der Waals surface area contributed by atoms with Crippen molar-refractivity contribution in [3.63, 3.8) is 0 Å². The Labute approximate surface area is 139 Å². The molecule has 7 nitrogen and oxygen atoms in total. The van der Waals surface area contributed by atoms with E-state index in [2.05, 4.69) is 4.99 Å². The molecule has 0 aromatic rings. The third-order valence-corrected chi connectivity index (χ3v) is 5.14. The summed E-state index contributed by atoms with van der Waals surface area (Å²) in [4.78, 5) is 42.5. The second kappa shape index (κ2) is 7.08. The molecule has 0 fully saturated rings. The van der Waals surface area contributed by atoms with Gasteiger partial charge in [-0.2, -0.15) is 9.48 Å². The highest BCUT2D eigenvalue weighted by atomic mass is 32.2. The van der Waals surface area contributed by atoms with E-state index < -0.39 is 17.2 Å². The van der Waals surface area contributed by atoms with Gasteiger partial charge in [0.05, 0.1) is 20.7 Å². The summed E-state index contributed by atoms with van der Waals surface area (Å²) in [5, 5.41) is -0.394. The number of rotatable bonds is 5. The van der Waals surface area contributed by atoms with Crippen molar-refractivity contribution in [3.05, 3.63) is 11.0 Å². The monoisotopic (exact) mass is 338 g/mol. The molecule has 2 aliphatic rings. The molecule has 3 amide bonds. The van der Waals surface area contributed by atoms with Crippen molar-refractivity contribution >= 4 is 41.7 Å². The number of ether oxygens (including phenoxy) is 1. The minimum absolute atomic E-state index is 0.300. The zero-order chi connectivity index (χ0) is 17.1.